The summed E-state index contributed by atoms with van der Waals surface area (Å²) >= 11 is 0. The summed E-state index contributed by atoms with van der Waals surface area (Å²) in [6.07, 6.45) is 6.71. The monoisotopic (exact) mass is 590 g/mol. The maximum Gasteiger partial charge on any atom is 0.336 e. The first-order chi connectivity index (χ1) is 20.1. The van der Waals surface area contributed by atoms with Gasteiger partial charge in [0.05, 0.1) is 12.5 Å². The van der Waals surface area contributed by atoms with Gasteiger partial charge in [0.2, 0.25) is 0 Å². The highest BCUT2D eigenvalue weighted by molar-refractivity contribution is 6.76. The molecule has 5 rings (SSSR count). The standard InChI is InChI=1S/C32H35FN2O6Si/c1-5-32(37,31-34-9-10-35(31)21-39-12-13-42(2,3)4)24-15-25(33)17-26(16-24)40-19-22-6-7-27-28(23-8-11-38-20-23)18-30(36)41-29(27)14-22/h6-11,14-18,20,37H,5,12-13,19,21H2,1-4H3. The van der Waals surface area contributed by atoms with Crippen LogP contribution in [0, 0.1) is 5.82 Å². The molecule has 0 aliphatic carbocycles. The second kappa shape index (κ2) is 12.1. The van der Waals surface area contributed by atoms with Crippen LogP contribution in [0.15, 0.2) is 87.1 Å². The zero-order valence-corrected chi connectivity index (χ0v) is 25.2. The summed E-state index contributed by atoms with van der Waals surface area (Å²) < 4.78 is 39.1. The van der Waals surface area contributed by atoms with Gasteiger partial charge in [-0.1, -0.05) is 38.7 Å². The lowest BCUT2D eigenvalue weighted by Crippen LogP contribution is -2.31. The van der Waals surface area contributed by atoms with E-state index in [9.17, 15) is 14.3 Å². The predicted octanol–water partition coefficient (Wildman–Crippen LogP) is 6.93. The van der Waals surface area contributed by atoms with Gasteiger partial charge in [-0.15, -0.1) is 0 Å². The summed E-state index contributed by atoms with van der Waals surface area (Å²) in [5.74, 6) is 0.0655. The Morgan fingerprint density at radius 3 is 2.69 bits per heavy atom. The Labute approximate surface area is 244 Å². The number of imidazole rings is 1. The van der Waals surface area contributed by atoms with Crippen molar-refractivity contribution in [3.63, 3.8) is 0 Å². The highest BCUT2D eigenvalue weighted by atomic mass is 28.3. The Morgan fingerprint density at radius 2 is 1.95 bits per heavy atom. The fraction of sp³-hybridized carbons (Fsp3) is 0.312. The Balaban J connectivity index is 1.36. The summed E-state index contributed by atoms with van der Waals surface area (Å²) in [4.78, 5) is 16.6. The molecule has 3 aromatic heterocycles. The average molecular weight is 591 g/mol. The quantitative estimate of drug-likeness (QED) is 0.0956. The molecular formula is C32H35FN2O6Si. The molecule has 3 heterocycles. The summed E-state index contributed by atoms with van der Waals surface area (Å²) in [5.41, 5.74) is 0.870. The molecule has 5 aromatic rings. The van der Waals surface area contributed by atoms with Gasteiger partial charge in [-0.3, -0.25) is 0 Å². The van der Waals surface area contributed by atoms with E-state index in [-0.39, 0.29) is 25.5 Å². The third kappa shape index (κ3) is 6.56. The van der Waals surface area contributed by atoms with Gasteiger partial charge in [-0.05, 0) is 47.9 Å². The Morgan fingerprint density at radius 1 is 1.12 bits per heavy atom. The van der Waals surface area contributed by atoms with Crippen LogP contribution in [0.3, 0.4) is 0 Å². The van der Waals surface area contributed by atoms with Gasteiger partial charge in [-0.25, -0.2) is 14.2 Å². The summed E-state index contributed by atoms with van der Waals surface area (Å²) in [7, 11) is -1.24. The zero-order chi connectivity index (χ0) is 29.9. The number of rotatable bonds is 12. The van der Waals surface area contributed by atoms with Gasteiger partial charge < -0.3 is 28.0 Å². The van der Waals surface area contributed by atoms with Crippen molar-refractivity contribution < 1.29 is 27.8 Å². The molecule has 42 heavy (non-hydrogen) atoms. The largest absolute Gasteiger partial charge is 0.489 e. The van der Waals surface area contributed by atoms with Gasteiger partial charge in [0.1, 0.15) is 41.9 Å². The fourth-order valence-electron chi connectivity index (χ4n) is 4.82. The molecule has 1 N–H and O–H groups in total. The lowest BCUT2D eigenvalue weighted by Gasteiger charge is -2.28. The van der Waals surface area contributed by atoms with Crippen LogP contribution in [0.5, 0.6) is 5.75 Å². The zero-order valence-electron chi connectivity index (χ0n) is 24.2. The van der Waals surface area contributed by atoms with Crippen molar-refractivity contribution in [2.75, 3.05) is 6.61 Å². The smallest absolute Gasteiger partial charge is 0.336 e. The molecule has 0 bridgehead atoms. The van der Waals surface area contributed by atoms with E-state index in [2.05, 4.69) is 24.6 Å². The van der Waals surface area contributed by atoms with Crippen molar-refractivity contribution in [3.8, 4) is 16.9 Å². The molecule has 8 nitrogen and oxygen atoms in total. The van der Waals surface area contributed by atoms with Gasteiger partial charge in [0, 0.05) is 55.7 Å². The molecule has 0 saturated carbocycles. The molecular weight excluding hydrogens is 555 g/mol. The number of fused-ring (bicyclic) bond motifs is 1. The van der Waals surface area contributed by atoms with E-state index in [4.69, 9.17) is 18.3 Å². The van der Waals surface area contributed by atoms with E-state index in [1.165, 1.54) is 18.2 Å². The number of hydrogen-bond acceptors (Lipinski definition) is 7. The van der Waals surface area contributed by atoms with Crippen LogP contribution in [0.4, 0.5) is 4.39 Å². The lowest BCUT2D eigenvalue weighted by molar-refractivity contribution is 0.0401. The number of aromatic nitrogens is 2. The molecule has 0 fully saturated rings. The normalized spacial score (nSPS) is 13.4. The summed E-state index contributed by atoms with van der Waals surface area (Å²) in [5, 5.41) is 12.5. The van der Waals surface area contributed by atoms with Crippen LogP contribution in [0.1, 0.15) is 30.3 Å². The second-order valence-electron chi connectivity index (χ2n) is 11.6. The number of furan rings is 1. The maximum atomic E-state index is 14.9. The second-order valence-corrected chi connectivity index (χ2v) is 17.2. The van der Waals surface area contributed by atoms with E-state index in [1.54, 1.807) is 47.7 Å². The maximum absolute atomic E-state index is 14.9. The number of halogens is 1. The first kappa shape index (κ1) is 29.5. The highest BCUT2D eigenvalue weighted by Gasteiger charge is 2.35. The van der Waals surface area contributed by atoms with E-state index in [1.807, 2.05) is 19.1 Å². The number of aliphatic hydroxyl groups is 1. The Hall–Kier alpha value is -3.99. The molecule has 10 heteroatoms. The number of nitrogens with zero attached hydrogens (tertiary/aromatic N) is 2. The molecule has 0 saturated heterocycles. The van der Waals surface area contributed by atoms with Crippen LogP contribution in [0.25, 0.3) is 22.1 Å². The molecule has 0 spiro atoms. The molecule has 0 aliphatic rings. The minimum absolute atomic E-state index is 0.0859. The Bertz CT molecular complexity index is 1720. The van der Waals surface area contributed by atoms with Gasteiger partial charge in [-0.2, -0.15) is 0 Å². The number of hydrogen-bond donors (Lipinski definition) is 1. The molecule has 2 aromatic carbocycles. The van der Waals surface area contributed by atoms with E-state index < -0.39 is 25.1 Å². The van der Waals surface area contributed by atoms with Crippen molar-refractivity contribution in [2.45, 2.75) is 58.0 Å². The van der Waals surface area contributed by atoms with Crippen molar-refractivity contribution in [1.82, 2.24) is 9.55 Å². The first-order valence-corrected chi connectivity index (χ1v) is 17.6. The molecule has 0 radical (unpaired) electrons. The molecule has 0 aliphatic heterocycles. The third-order valence-corrected chi connectivity index (χ3v) is 8.92. The van der Waals surface area contributed by atoms with Crippen LogP contribution in [0.2, 0.25) is 25.7 Å². The van der Waals surface area contributed by atoms with Crippen molar-refractivity contribution in [3.05, 3.63) is 107 Å². The number of benzene rings is 2. The van der Waals surface area contributed by atoms with Gasteiger partial charge >= 0.3 is 5.63 Å². The number of ether oxygens (including phenoxy) is 2. The third-order valence-electron chi connectivity index (χ3n) is 7.22. The topological polar surface area (TPSA) is 99.9 Å². The van der Waals surface area contributed by atoms with Crippen LogP contribution in [-0.2, 0) is 23.7 Å². The summed E-state index contributed by atoms with van der Waals surface area (Å²) in [6, 6.07) is 13.8. The van der Waals surface area contributed by atoms with Gasteiger partial charge in [0.15, 0.2) is 0 Å². The average Bonchev–Trinajstić information content (AvgIpc) is 3.65. The van der Waals surface area contributed by atoms with Crippen LogP contribution >= 0.6 is 0 Å². The fourth-order valence-corrected chi connectivity index (χ4v) is 5.57. The van der Waals surface area contributed by atoms with Crippen molar-refractivity contribution >= 4 is 19.0 Å². The molecule has 220 valence electrons. The van der Waals surface area contributed by atoms with E-state index >= 15 is 0 Å². The van der Waals surface area contributed by atoms with Crippen molar-refractivity contribution in [1.29, 1.82) is 0 Å². The molecule has 1 atom stereocenters. The Kier molecular flexibility index (Phi) is 8.49. The summed E-state index contributed by atoms with van der Waals surface area (Å²) in [6.45, 7) is 9.62. The minimum atomic E-state index is -1.57. The predicted molar refractivity (Wildman–Crippen MR) is 161 cm³/mol. The first-order valence-electron chi connectivity index (χ1n) is 13.9. The lowest BCUT2D eigenvalue weighted by atomic mass is 9.90. The van der Waals surface area contributed by atoms with Gasteiger partial charge in [0.25, 0.3) is 0 Å². The SMILES string of the molecule is CCC(O)(c1cc(F)cc(OCc2ccc3c(-c4ccoc4)cc(=O)oc3c2)c1)c1nccn1COCC[Si](C)(C)C. The molecule has 1 unspecified atom stereocenters. The highest BCUT2D eigenvalue weighted by Crippen LogP contribution is 2.35. The van der Waals surface area contributed by atoms with Crippen molar-refractivity contribution in [2.24, 2.45) is 0 Å². The minimum Gasteiger partial charge on any atom is -0.489 e. The van der Waals surface area contributed by atoms with E-state index in [0.29, 0.717) is 29.1 Å². The van der Waals surface area contributed by atoms with E-state index in [0.717, 1.165) is 22.6 Å². The van der Waals surface area contributed by atoms with Crippen LogP contribution < -0.4 is 10.4 Å². The van der Waals surface area contributed by atoms with Crippen LogP contribution in [-0.4, -0.2) is 29.3 Å². The molecule has 0 amide bonds.